The van der Waals surface area contributed by atoms with Crippen LogP contribution < -0.4 is 4.72 Å². The van der Waals surface area contributed by atoms with Crippen LogP contribution >= 0.6 is 0 Å². The van der Waals surface area contributed by atoms with Crippen molar-refractivity contribution in [2.75, 3.05) is 13.6 Å². The quantitative estimate of drug-likeness (QED) is 0.522. The van der Waals surface area contributed by atoms with Crippen LogP contribution in [0, 0.1) is 0 Å². The standard InChI is InChI=1S/C9H18N2O6S/c1-3-4-5-11(2)18(16,17)10-7(9(14)15)6-8(12)13/h7,10H,3-6H2,1-2H3,(H,12,13)(H,14,15)/t7-/m1/s1. The molecule has 3 N–H and O–H groups in total. The summed E-state index contributed by atoms with van der Waals surface area (Å²) in [4.78, 5) is 21.2. The third kappa shape index (κ3) is 5.94. The Morgan fingerprint density at radius 1 is 1.33 bits per heavy atom. The molecule has 0 rings (SSSR count). The number of nitrogens with zero attached hydrogens (tertiary/aromatic N) is 1. The summed E-state index contributed by atoms with van der Waals surface area (Å²) in [6.07, 6.45) is 0.613. The summed E-state index contributed by atoms with van der Waals surface area (Å²) in [5.41, 5.74) is 0. The van der Waals surface area contributed by atoms with Gasteiger partial charge in [0.1, 0.15) is 6.04 Å². The van der Waals surface area contributed by atoms with Crippen molar-refractivity contribution >= 4 is 22.1 Å². The van der Waals surface area contributed by atoms with Crippen LogP contribution in [0.3, 0.4) is 0 Å². The maximum atomic E-state index is 11.7. The normalized spacial score (nSPS) is 13.5. The zero-order valence-electron chi connectivity index (χ0n) is 10.3. The van der Waals surface area contributed by atoms with Crippen LogP contribution in [0.1, 0.15) is 26.2 Å². The van der Waals surface area contributed by atoms with Gasteiger partial charge in [0, 0.05) is 13.6 Å². The molecule has 0 aliphatic rings. The number of hydrogen-bond donors (Lipinski definition) is 3. The number of hydrogen-bond acceptors (Lipinski definition) is 4. The summed E-state index contributed by atoms with van der Waals surface area (Å²) in [5, 5.41) is 17.2. The van der Waals surface area contributed by atoms with Gasteiger partial charge in [-0.2, -0.15) is 17.4 Å². The summed E-state index contributed by atoms with van der Waals surface area (Å²) in [7, 11) is -2.68. The highest BCUT2D eigenvalue weighted by Gasteiger charge is 2.28. The molecule has 0 heterocycles. The summed E-state index contributed by atoms with van der Waals surface area (Å²) in [6, 6.07) is -1.67. The van der Waals surface area contributed by atoms with Crippen LogP contribution in [0.25, 0.3) is 0 Å². The Hall–Kier alpha value is -1.19. The molecule has 0 bridgehead atoms. The van der Waals surface area contributed by atoms with Crippen LogP contribution in [0.2, 0.25) is 0 Å². The Kier molecular flexibility index (Phi) is 6.81. The lowest BCUT2D eigenvalue weighted by Gasteiger charge is -2.20. The number of carbonyl (C=O) groups is 2. The minimum absolute atomic E-state index is 0.241. The molecular weight excluding hydrogens is 264 g/mol. The van der Waals surface area contributed by atoms with Crippen LogP contribution in [-0.2, 0) is 19.8 Å². The van der Waals surface area contributed by atoms with Gasteiger partial charge in [-0.25, -0.2) is 0 Å². The average molecular weight is 282 g/mol. The first-order chi connectivity index (χ1) is 8.20. The van der Waals surface area contributed by atoms with Crippen molar-refractivity contribution in [2.45, 2.75) is 32.2 Å². The fourth-order valence-corrected chi connectivity index (χ4v) is 2.22. The van der Waals surface area contributed by atoms with Crippen molar-refractivity contribution in [3.05, 3.63) is 0 Å². The lowest BCUT2D eigenvalue weighted by atomic mass is 10.2. The van der Waals surface area contributed by atoms with E-state index >= 15 is 0 Å². The van der Waals surface area contributed by atoms with Crippen LogP contribution in [0.5, 0.6) is 0 Å². The molecule has 0 aliphatic carbocycles. The number of unbranched alkanes of at least 4 members (excludes halogenated alkanes) is 1. The van der Waals surface area contributed by atoms with Crippen molar-refractivity contribution in [2.24, 2.45) is 0 Å². The third-order valence-corrected chi connectivity index (χ3v) is 3.79. The first kappa shape index (κ1) is 16.8. The van der Waals surface area contributed by atoms with E-state index in [1.165, 1.54) is 7.05 Å². The summed E-state index contributed by atoms with van der Waals surface area (Å²) in [5.74, 6) is -2.91. The highest BCUT2D eigenvalue weighted by atomic mass is 32.2. The SMILES string of the molecule is CCCCN(C)S(=O)(=O)N[C@H](CC(=O)O)C(=O)O. The lowest BCUT2D eigenvalue weighted by Crippen LogP contribution is -2.48. The van der Waals surface area contributed by atoms with E-state index in [1.54, 1.807) is 0 Å². The van der Waals surface area contributed by atoms with Gasteiger partial charge in [0.2, 0.25) is 0 Å². The second-order valence-electron chi connectivity index (χ2n) is 3.79. The summed E-state index contributed by atoms with van der Waals surface area (Å²) in [6.45, 7) is 2.13. The number of nitrogens with one attached hydrogen (secondary N) is 1. The van der Waals surface area contributed by atoms with E-state index in [-0.39, 0.29) is 6.54 Å². The maximum Gasteiger partial charge on any atom is 0.322 e. The van der Waals surface area contributed by atoms with Gasteiger partial charge < -0.3 is 10.2 Å². The van der Waals surface area contributed by atoms with Crippen molar-refractivity contribution in [3.8, 4) is 0 Å². The predicted molar refractivity (Wildman–Crippen MR) is 63.3 cm³/mol. The summed E-state index contributed by atoms with van der Waals surface area (Å²) < 4.78 is 26.2. The Morgan fingerprint density at radius 2 is 1.89 bits per heavy atom. The second-order valence-corrected chi connectivity index (χ2v) is 5.60. The zero-order chi connectivity index (χ0) is 14.3. The van der Waals surface area contributed by atoms with Gasteiger partial charge >= 0.3 is 11.9 Å². The van der Waals surface area contributed by atoms with Gasteiger partial charge in [0.05, 0.1) is 6.42 Å². The number of rotatable bonds is 9. The molecule has 8 nitrogen and oxygen atoms in total. The molecule has 0 saturated heterocycles. The molecule has 0 aliphatic heterocycles. The fraction of sp³-hybridized carbons (Fsp3) is 0.778. The van der Waals surface area contributed by atoms with Crippen LogP contribution in [0.4, 0.5) is 0 Å². The van der Waals surface area contributed by atoms with E-state index in [1.807, 2.05) is 11.6 Å². The second kappa shape index (κ2) is 7.29. The van der Waals surface area contributed by atoms with E-state index in [9.17, 15) is 18.0 Å². The Bertz CT molecular complexity index is 394. The number of carboxylic acids is 2. The third-order valence-electron chi connectivity index (χ3n) is 2.20. The minimum Gasteiger partial charge on any atom is -0.481 e. The predicted octanol–water partition coefficient (Wildman–Crippen LogP) is -0.519. The molecule has 0 fully saturated rings. The van der Waals surface area contributed by atoms with Crippen molar-refractivity contribution < 1.29 is 28.2 Å². The first-order valence-electron chi connectivity index (χ1n) is 5.39. The minimum atomic E-state index is -3.98. The molecular formula is C9H18N2O6S. The van der Waals surface area contributed by atoms with Crippen molar-refractivity contribution in [1.82, 2.24) is 9.03 Å². The molecule has 0 saturated carbocycles. The highest BCUT2D eigenvalue weighted by Crippen LogP contribution is 2.02. The Labute approximate surface area is 106 Å². The molecule has 0 aromatic heterocycles. The number of aliphatic carboxylic acids is 2. The Morgan fingerprint density at radius 3 is 2.28 bits per heavy atom. The van der Waals surface area contributed by atoms with Gasteiger partial charge in [-0.15, -0.1) is 0 Å². The zero-order valence-corrected chi connectivity index (χ0v) is 11.1. The molecule has 0 amide bonds. The topological polar surface area (TPSA) is 124 Å². The van der Waals surface area contributed by atoms with Gasteiger partial charge in [-0.05, 0) is 6.42 Å². The molecule has 1 atom stereocenters. The van der Waals surface area contributed by atoms with Gasteiger partial charge in [0.15, 0.2) is 0 Å². The maximum absolute atomic E-state index is 11.7. The van der Waals surface area contributed by atoms with Crippen LogP contribution in [0.15, 0.2) is 0 Å². The van der Waals surface area contributed by atoms with Crippen LogP contribution in [-0.4, -0.2) is 54.5 Å². The van der Waals surface area contributed by atoms with Gasteiger partial charge in [0.25, 0.3) is 10.2 Å². The van der Waals surface area contributed by atoms with E-state index in [4.69, 9.17) is 10.2 Å². The fourth-order valence-electron chi connectivity index (χ4n) is 1.12. The van der Waals surface area contributed by atoms with Crippen molar-refractivity contribution in [1.29, 1.82) is 0 Å². The van der Waals surface area contributed by atoms with E-state index in [0.29, 0.717) is 6.42 Å². The summed E-state index contributed by atoms with van der Waals surface area (Å²) >= 11 is 0. The van der Waals surface area contributed by atoms with Crippen molar-refractivity contribution in [3.63, 3.8) is 0 Å². The molecule has 0 unspecified atom stereocenters. The monoisotopic (exact) mass is 282 g/mol. The molecule has 106 valence electrons. The van der Waals surface area contributed by atoms with E-state index in [0.717, 1.165) is 10.7 Å². The number of carboxylic acid groups (broad SMARTS) is 2. The molecule has 0 aromatic rings. The van der Waals surface area contributed by atoms with Gasteiger partial charge in [-0.1, -0.05) is 13.3 Å². The lowest BCUT2D eigenvalue weighted by molar-refractivity contribution is -0.145. The molecule has 0 radical (unpaired) electrons. The average Bonchev–Trinajstić information content (AvgIpc) is 2.23. The Balaban J connectivity index is 4.69. The largest absolute Gasteiger partial charge is 0.481 e. The molecule has 9 heteroatoms. The molecule has 0 aromatic carbocycles. The molecule has 18 heavy (non-hydrogen) atoms. The first-order valence-corrected chi connectivity index (χ1v) is 6.83. The van der Waals surface area contributed by atoms with E-state index < -0.39 is 34.6 Å². The van der Waals surface area contributed by atoms with Gasteiger partial charge in [-0.3, -0.25) is 9.59 Å². The highest BCUT2D eigenvalue weighted by molar-refractivity contribution is 7.87. The smallest absolute Gasteiger partial charge is 0.322 e. The molecule has 0 spiro atoms. The van der Waals surface area contributed by atoms with E-state index in [2.05, 4.69) is 0 Å².